The van der Waals surface area contributed by atoms with Crippen molar-refractivity contribution in [3.63, 3.8) is 0 Å². The van der Waals surface area contributed by atoms with E-state index in [1.165, 1.54) is 0 Å². The van der Waals surface area contributed by atoms with Crippen LogP contribution in [0.3, 0.4) is 0 Å². The van der Waals surface area contributed by atoms with Crippen molar-refractivity contribution in [3.05, 3.63) is 46.5 Å². The van der Waals surface area contributed by atoms with E-state index in [1.54, 1.807) is 39.0 Å². The fraction of sp³-hybridized carbons (Fsp3) is 0.375. The molecule has 0 aliphatic heterocycles. The molecule has 0 aliphatic rings. The van der Waals surface area contributed by atoms with Crippen LogP contribution in [0.15, 0.2) is 35.3 Å². The summed E-state index contributed by atoms with van der Waals surface area (Å²) in [6, 6.07) is 4.74. The van der Waals surface area contributed by atoms with Gasteiger partial charge in [0.2, 0.25) is 5.91 Å². The van der Waals surface area contributed by atoms with Gasteiger partial charge in [0, 0.05) is 10.0 Å². The Labute approximate surface area is 139 Å². The summed E-state index contributed by atoms with van der Waals surface area (Å²) in [5, 5.41) is 2.78. The van der Waals surface area contributed by atoms with Crippen LogP contribution in [0.25, 0.3) is 0 Å². The fourth-order valence-corrected chi connectivity index (χ4v) is 2.36. The third kappa shape index (κ3) is 5.89. The molecular formula is C16H21BrN2O3. The minimum Gasteiger partial charge on any atom is -0.444 e. The molecule has 0 aliphatic carbocycles. The highest BCUT2D eigenvalue weighted by molar-refractivity contribution is 9.10. The van der Waals surface area contributed by atoms with Crippen LogP contribution in [-0.4, -0.2) is 17.6 Å². The molecule has 0 spiro atoms. The molecule has 0 unspecified atom stereocenters. The number of amides is 2. The number of alkyl carbamates (subject to hydrolysis) is 1. The summed E-state index contributed by atoms with van der Waals surface area (Å²) in [6.07, 6.45) is 1.65. The summed E-state index contributed by atoms with van der Waals surface area (Å²) in [5.41, 5.74) is 5.84. The van der Waals surface area contributed by atoms with Gasteiger partial charge in [0.05, 0.1) is 6.04 Å². The Morgan fingerprint density at radius 3 is 2.55 bits per heavy atom. The van der Waals surface area contributed by atoms with Gasteiger partial charge in [-0.2, -0.15) is 0 Å². The second-order valence-electron chi connectivity index (χ2n) is 5.86. The van der Waals surface area contributed by atoms with Crippen molar-refractivity contribution in [1.82, 2.24) is 5.32 Å². The van der Waals surface area contributed by atoms with Crippen molar-refractivity contribution in [2.45, 2.75) is 38.8 Å². The topological polar surface area (TPSA) is 81.4 Å². The van der Waals surface area contributed by atoms with Crippen molar-refractivity contribution in [3.8, 4) is 0 Å². The Balaban J connectivity index is 3.02. The molecule has 120 valence electrons. The highest BCUT2D eigenvalue weighted by Crippen LogP contribution is 2.24. The van der Waals surface area contributed by atoms with Gasteiger partial charge in [0.25, 0.3) is 0 Å². The molecule has 6 heteroatoms. The molecule has 1 aromatic rings. The Morgan fingerprint density at radius 2 is 2.05 bits per heavy atom. The largest absolute Gasteiger partial charge is 0.444 e. The van der Waals surface area contributed by atoms with Gasteiger partial charge in [-0.15, -0.1) is 6.58 Å². The lowest BCUT2D eigenvalue weighted by atomic mass is 10.0. The van der Waals surface area contributed by atoms with Crippen molar-refractivity contribution >= 4 is 27.9 Å². The predicted molar refractivity (Wildman–Crippen MR) is 89.6 cm³/mol. The van der Waals surface area contributed by atoms with E-state index in [9.17, 15) is 9.59 Å². The summed E-state index contributed by atoms with van der Waals surface area (Å²) < 4.78 is 5.96. The van der Waals surface area contributed by atoms with Gasteiger partial charge in [0.1, 0.15) is 5.60 Å². The number of benzene rings is 1. The molecule has 0 aromatic heterocycles. The van der Waals surface area contributed by atoms with Gasteiger partial charge in [-0.1, -0.05) is 22.0 Å². The molecule has 0 saturated carbocycles. The van der Waals surface area contributed by atoms with Gasteiger partial charge in [-0.25, -0.2) is 4.79 Å². The van der Waals surface area contributed by atoms with Crippen LogP contribution in [0.5, 0.6) is 0 Å². The van der Waals surface area contributed by atoms with Gasteiger partial charge < -0.3 is 15.8 Å². The Morgan fingerprint density at radius 1 is 1.41 bits per heavy atom. The van der Waals surface area contributed by atoms with E-state index >= 15 is 0 Å². The number of halogens is 1. The lowest BCUT2D eigenvalue weighted by Crippen LogP contribution is -2.35. The van der Waals surface area contributed by atoms with Crippen LogP contribution >= 0.6 is 15.9 Å². The molecule has 5 nitrogen and oxygen atoms in total. The first-order valence-electron chi connectivity index (χ1n) is 6.83. The van der Waals surface area contributed by atoms with Gasteiger partial charge in [0.15, 0.2) is 0 Å². The molecule has 0 saturated heterocycles. The van der Waals surface area contributed by atoms with Gasteiger partial charge in [-0.05, 0) is 51.0 Å². The maximum Gasteiger partial charge on any atom is 0.408 e. The van der Waals surface area contributed by atoms with E-state index < -0.39 is 17.6 Å². The molecule has 1 aromatic carbocycles. The molecule has 22 heavy (non-hydrogen) atoms. The maximum absolute atomic E-state index is 11.9. The summed E-state index contributed by atoms with van der Waals surface area (Å²) in [7, 11) is 0. The number of carbonyl (C=O) groups is 2. The standard InChI is InChI=1S/C16H21BrN2O3/c1-5-6-13(19-15(21)22-16(2,3)4)10-7-11(14(18)20)9-12(17)8-10/h5,7-9,13H,1,6H2,2-4H3,(H2,18,20)(H,19,21)/t13-/m0/s1. The lowest BCUT2D eigenvalue weighted by molar-refractivity contribution is 0.0504. The SMILES string of the molecule is C=CC[C@H](NC(=O)OC(C)(C)C)c1cc(Br)cc(C(N)=O)c1. The highest BCUT2D eigenvalue weighted by Gasteiger charge is 2.20. The second kappa shape index (κ2) is 7.45. The Hall–Kier alpha value is -1.82. The number of nitrogens with one attached hydrogen (secondary N) is 1. The summed E-state index contributed by atoms with van der Waals surface area (Å²) in [5.74, 6) is -0.530. The molecule has 0 heterocycles. The average Bonchev–Trinajstić information content (AvgIpc) is 2.35. The first-order chi connectivity index (χ1) is 10.1. The van der Waals surface area contributed by atoms with E-state index in [0.29, 0.717) is 16.5 Å². The average molecular weight is 369 g/mol. The number of ether oxygens (including phenoxy) is 1. The summed E-state index contributed by atoms with van der Waals surface area (Å²) in [4.78, 5) is 23.3. The van der Waals surface area contributed by atoms with Crippen LogP contribution in [0.2, 0.25) is 0 Å². The zero-order chi connectivity index (χ0) is 16.9. The summed E-state index contributed by atoms with van der Waals surface area (Å²) in [6.45, 7) is 9.07. The molecule has 3 N–H and O–H groups in total. The second-order valence-corrected chi connectivity index (χ2v) is 6.78. The van der Waals surface area contributed by atoms with Crippen LogP contribution in [0.4, 0.5) is 4.79 Å². The van der Waals surface area contributed by atoms with Gasteiger partial charge >= 0.3 is 6.09 Å². The third-order valence-electron chi connectivity index (χ3n) is 2.70. The monoisotopic (exact) mass is 368 g/mol. The molecule has 2 amide bonds. The number of nitrogens with two attached hydrogens (primary N) is 1. The quantitative estimate of drug-likeness (QED) is 0.777. The molecular weight excluding hydrogens is 348 g/mol. The maximum atomic E-state index is 11.9. The van der Waals surface area contributed by atoms with Crippen molar-refractivity contribution in [2.24, 2.45) is 5.73 Å². The number of rotatable bonds is 5. The van der Waals surface area contributed by atoms with Gasteiger partial charge in [-0.3, -0.25) is 4.79 Å². The van der Waals surface area contributed by atoms with Crippen LogP contribution in [0, 0.1) is 0 Å². The molecule has 1 rings (SSSR count). The Kier molecular flexibility index (Phi) is 6.17. The smallest absolute Gasteiger partial charge is 0.408 e. The number of hydrogen-bond acceptors (Lipinski definition) is 3. The first kappa shape index (κ1) is 18.2. The van der Waals surface area contributed by atoms with Crippen molar-refractivity contribution in [2.75, 3.05) is 0 Å². The minimum atomic E-state index is -0.585. The Bertz CT molecular complexity index is 579. The van der Waals surface area contributed by atoms with E-state index in [4.69, 9.17) is 10.5 Å². The normalized spacial score (nSPS) is 12.4. The van der Waals surface area contributed by atoms with Crippen molar-refractivity contribution in [1.29, 1.82) is 0 Å². The predicted octanol–water partition coefficient (Wildman–Crippen LogP) is 3.69. The first-order valence-corrected chi connectivity index (χ1v) is 7.62. The van der Waals surface area contributed by atoms with E-state index in [-0.39, 0.29) is 6.04 Å². The highest BCUT2D eigenvalue weighted by atomic mass is 79.9. The van der Waals surface area contributed by atoms with E-state index in [2.05, 4.69) is 27.8 Å². The number of carbonyl (C=O) groups excluding carboxylic acids is 2. The van der Waals surface area contributed by atoms with Crippen LogP contribution < -0.4 is 11.1 Å². The minimum absolute atomic E-state index is 0.358. The van der Waals surface area contributed by atoms with Crippen LogP contribution in [-0.2, 0) is 4.74 Å². The third-order valence-corrected chi connectivity index (χ3v) is 3.16. The molecule has 1 atom stereocenters. The lowest BCUT2D eigenvalue weighted by Gasteiger charge is -2.23. The molecule has 0 radical (unpaired) electrons. The van der Waals surface area contributed by atoms with E-state index in [0.717, 1.165) is 5.56 Å². The van der Waals surface area contributed by atoms with Crippen molar-refractivity contribution < 1.29 is 14.3 Å². The molecule has 0 bridgehead atoms. The number of hydrogen-bond donors (Lipinski definition) is 2. The molecule has 0 fully saturated rings. The number of primary amides is 1. The zero-order valence-electron chi connectivity index (χ0n) is 13.0. The fourth-order valence-electron chi connectivity index (χ4n) is 1.85. The van der Waals surface area contributed by atoms with E-state index in [1.807, 2.05) is 6.07 Å². The zero-order valence-corrected chi connectivity index (χ0v) is 14.6. The summed E-state index contributed by atoms with van der Waals surface area (Å²) >= 11 is 3.34. The van der Waals surface area contributed by atoms with Crippen LogP contribution in [0.1, 0.15) is 49.2 Å².